The number of likely N-dealkylation sites (N-methyl/N-ethyl adjacent to an activating group) is 1. The third kappa shape index (κ3) is 2.56. The van der Waals surface area contributed by atoms with Crippen LogP contribution in [0.4, 0.5) is 0 Å². The van der Waals surface area contributed by atoms with Gasteiger partial charge in [0.05, 0.1) is 11.4 Å². The van der Waals surface area contributed by atoms with Crippen LogP contribution >= 0.6 is 11.3 Å². The van der Waals surface area contributed by atoms with Crippen LogP contribution in [0.1, 0.15) is 15.2 Å². The van der Waals surface area contributed by atoms with Gasteiger partial charge in [-0.3, -0.25) is 9.59 Å². The Morgan fingerprint density at radius 2 is 2.21 bits per heavy atom. The van der Waals surface area contributed by atoms with Gasteiger partial charge in [-0.2, -0.15) is 0 Å². The molecule has 0 atom stereocenters. The Kier molecular flexibility index (Phi) is 3.64. The van der Waals surface area contributed by atoms with E-state index in [1.165, 1.54) is 18.4 Å². The number of aryl methyl sites for hydroxylation is 1. The molecule has 0 saturated carbocycles. The van der Waals surface area contributed by atoms with Gasteiger partial charge >= 0.3 is 0 Å². The van der Waals surface area contributed by atoms with Crippen molar-refractivity contribution in [3.8, 4) is 0 Å². The minimum absolute atomic E-state index is 0.0205. The van der Waals surface area contributed by atoms with Crippen molar-refractivity contribution in [1.29, 1.82) is 0 Å². The zero-order chi connectivity index (χ0) is 10.6. The number of hydrogen-bond donors (Lipinski definition) is 2. The maximum absolute atomic E-state index is 11.5. The van der Waals surface area contributed by atoms with E-state index < -0.39 is 0 Å². The van der Waals surface area contributed by atoms with Gasteiger partial charge in [-0.1, -0.05) is 0 Å². The Labute approximate surface area is 86.3 Å². The smallest absolute Gasteiger partial charge is 0.262 e. The molecule has 0 saturated heterocycles. The summed E-state index contributed by atoms with van der Waals surface area (Å²) in [6.45, 7) is 1.89. The summed E-state index contributed by atoms with van der Waals surface area (Å²) in [5.74, 6) is -0.395. The first-order valence-electron chi connectivity index (χ1n) is 4.18. The maximum Gasteiger partial charge on any atom is 0.262 e. The zero-order valence-electron chi connectivity index (χ0n) is 8.09. The molecule has 76 valence electrons. The van der Waals surface area contributed by atoms with Gasteiger partial charge in [0, 0.05) is 7.05 Å². The molecule has 2 N–H and O–H groups in total. The van der Waals surface area contributed by atoms with Gasteiger partial charge in [0.15, 0.2) is 0 Å². The summed E-state index contributed by atoms with van der Waals surface area (Å²) in [6, 6.07) is 1.87. The highest BCUT2D eigenvalue weighted by Crippen LogP contribution is 2.14. The summed E-state index contributed by atoms with van der Waals surface area (Å²) < 4.78 is 0. The van der Waals surface area contributed by atoms with Crippen LogP contribution in [-0.2, 0) is 4.79 Å². The van der Waals surface area contributed by atoms with E-state index in [4.69, 9.17) is 0 Å². The molecular formula is C9H12N2O2S. The Bertz CT molecular complexity index is 346. The SMILES string of the molecule is CNC(=O)CNC(=O)c1sccc1C. The van der Waals surface area contributed by atoms with Crippen LogP contribution in [0, 0.1) is 6.92 Å². The molecule has 1 rings (SSSR count). The van der Waals surface area contributed by atoms with E-state index >= 15 is 0 Å². The minimum Gasteiger partial charge on any atom is -0.358 e. The molecule has 0 aliphatic rings. The first-order chi connectivity index (χ1) is 6.65. The molecule has 2 amide bonds. The topological polar surface area (TPSA) is 58.2 Å². The first-order valence-corrected chi connectivity index (χ1v) is 5.06. The van der Waals surface area contributed by atoms with Gasteiger partial charge < -0.3 is 10.6 Å². The second-order valence-electron chi connectivity index (χ2n) is 2.79. The third-order valence-electron chi connectivity index (χ3n) is 1.76. The fraction of sp³-hybridized carbons (Fsp3) is 0.333. The molecule has 1 aromatic heterocycles. The molecular weight excluding hydrogens is 200 g/mol. The van der Waals surface area contributed by atoms with Crippen LogP contribution in [0.3, 0.4) is 0 Å². The molecule has 0 aliphatic heterocycles. The van der Waals surface area contributed by atoms with Gasteiger partial charge in [0.25, 0.3) is 5.91 Å². The van der Waals surface area contributed by atoms with E-state index in [0.717, 1.165) is 5.56 Å². The number of nitrogens with one attached hydrogen (secondary N) is 2. The van der Waals surface area contributed by atoms with Gasteiger partial charge in [0.1, 0.15) is 0 Å². The van der Waals surface area contributed by atoms with E-state index in [1.54, 1.807) is 0 Å². The number of carbonyl (C=O) groups excluding carboxylic acids is 2. The highest BCUT2D eigenvalue weighted by atomic mass is 32.1. The molecule has 0 aliphatic carbocycles. The molecule has 1 heterocycles. The van der Waals surface area contributed by atoms with Crippen molar-refractivity contribution >= 4 is 23.2 Å². The molecule has 0 aromatic carbocycles. The quantitative estimate of drug-likeness (QED) is 0.768. The van der Waals surface area contributed by atoms with Crippen molar-refractivity contribution in [1.82, 2.24) is 10.6 Å². The summed E-state index contributed by atoms with van der Waals surface area (Å²) in [7, 11) is 1.53. The summed E-state index contributed by atoms with van der Waals surface area (Å²) in [5, 5.41) is 6.82. The Balaban J connectivity index is 2.52. The lowest BCUT2D eigenvalue weighted by Crippen LogP contribution is -2.35. The summed E-state index contributed by atoms with van der Waals surface area (Å²) >= 11 is 1.37. The third-order valence-corrected chi connectivity index (χ3v) is 2.77. The molecule has 0 fully saturated rings. The van der Waals surface area contributed by atoms with Crippen molar-refractivity contribution in [3.05, 3.63) is 21.9 Å². The molecule has 14 heavy (non-hydrogen) atoms. The Hall–Kier alpha value is -1.36. The van der Waals surface area contributed by atoms with Crippen molar-refractivity contribution in [2.45, 2.75) is 6.92 Å². The number of carbonyl (C=O) groups is 2. The summed E-state index contributed by atoms with van der Waals surface area (Å²) in [6.07, 6.45) is 0. The maximum atomic E-state index is 11.5. The van der Waals surface area contributed by atoms with E-state index in [2.05, 4.69) is 10.6 Å². The number of amides is 2. The molecule has 0 bridgehead atoms. The van der Waals surface area contributed by atoms with Gasteiger partial charge in [0.2, 0.25) is 5.91 Å². The van der Waals surface area contributed by atoms with E-state index in [0.29, 0.717) is 4.88 Å². The van der Waals surface area contributed by atoms with Crippen LogP contribution in [-0.4, -0.2) is 25.4 Å². The lowest BCUT2D eigenvalue weighted by Gasteiger charge is -2.02. The molecule has 5 heteroatoms. The standard InChI is InChI=1S/C9H12N2O2S/c1-6-3-4-14-8(6)9(13)11-5-7(12)10-2/h3-4H,5H2,1-2H3,(H,10,12)(H,11,13). The monoisotopic (exact) mass is 212 g/mol. The van der Waals surface area contributed by atoms with E-state index in [9.17, 15) is 9.59 Å². The predicted molar refractivity (Wildman–Crippen MR) is 55.5 cm³/mol. The average Bonchev–Trinajstić information content (AvgIpc) is 2.60. The van der Waals surface area contributed by atoms with Gasteiger partial charge in [-0.25, -0.2) is 0 Å². The van der Waals surface area contributed by atoms with Gasteiger partial charge in [-0.05, 0) is 23.9 Å². The molecule has 0 radical (unpaired) electrons. The van der Waals surface area contributed by atoms with Crippen molar-refractivity contribution in [3.63, 3.8) is 0 Å². The van der Waals surface area contributed by atoms with Crippen LogP contribution in [0.25, 0.3) is 0 Å². The lowest BCUT2D eigenvalue weighted by atomic mass is 10.3. The second-order valence-corrected chi connectivity index (χ2v) is 3.70. The van der Waals surface area contributed by atoms with E-state index in [-0.39, 0.29) is 18.4 Å². The predicted octanol–water partition coefficient (Wildman–Crippen LogP) is 0.532. The highest BCUT2D eigenvalue weighted by Gasteiger charge is 2.10. The largest absolute Gasteiger partial charge is 0.358 e. The number of rotatable bonds is 3. The van der Waals surface area contributed by atoms with Crippen LogP contribution in [0.5, 0.6) is 0 Å². The fourth-order valence-electron chi connectivity index (χ4n) is 0.935. The molecule has 0 unspecified atom stereocenters. The summed E-state index contributed by atoms with van der Waals surface area (Å²) in [4.78, 5) is 23.0. The Morgan fingerprint density at radius 1 is 1.50 bits per heavy atom. The molecule has 1 aromatic rings. The van der Waals surface area contributed by atoms with Crippen LogP contribution < -0.4 is 10.6 Å². The first kappa shape index (κ1) is 10.7. The zero-order valence-corrected chi connectivity index (χ0v) is 8.90. The normalized spacial score (nSPS) is 9.57. The average molecular weight is 212 g/mol. The second kappa shape index (κ2) is 4.76. The lowest BCUT2D eigenvalue weighted by molar-refractivity contribution is -0.119. The van der Waals surface area contributed by atoms with Gasteiger partial charge in [-0.15, -0.1) is 11.3 Å². The molecule has 0 spiro atoms. The number of hydrogen-bond acceptors (Lipinski definition) is 3. The Morgan fingerprint density at radius 3 is 2.71 bits per heavy atom. The minimum atomic E-state index is -0.201. The fourth-order valence-corrected chi connectivity index (χ4v) is 1.78. The highest BCUT2D eigenvalue weighted by molar-refractivity contribution is 7.12. The number of thiophene rings is 1. The van der Waals surface area contributed by atoms with Crippen LogP contribution in [0.2, 0.25) is 0 Å². The molecule has 4 nitrogen and oxygen atoms in total. The van der Waals surface area contributed by atoms with E-state index in [1.807, 2.05) is 18.4 Å². The van der Waals surface area contributed by atoms with Crippen LogP contribution in [0.15, 0.2) is 11.4 Å². The van der Waals surface area contributed by atoms with Crippen molar-refractivity contribution in [2.75, 3.05) is 13.6 Å². The van der Waals surface area contributed by atoms with Crippen molar-refractivity contribution < 1.29 is 9.59 Å². The summed E-state index contributed by atoms with van der Waals surface area (Å²) in [5.41, 5.74) is 0.935. The van der Waals surface area contributed by atoms with Crippen molar-refractivity contribution in [2.24, 2.45) is 0 Å².